The lowest BCUT2D eigenvalue weighted by atomic mass is 10.3. The van der Waals surface area contributed by atoms with Gasteiger partial charge in [0.1, 0.15) is 5.52 Å². The second kappa shape index (κ2) is 2.30. The van der Waals surface area contributed by atoms with Crippen LogP contribution in [-0.4, -0.2) is 15.0 Å². The number of aromatic nitrogens is 3. The summed E-state index contributed by atoms with van der Waals surface area (Å²) in [6.07, 6.45) is 0. The zero-order valence-corrected chi connectivity index (χ0v) is 7.54. The number of rotatable bonds is 0. The predicted octanol–water partition coefficient (Wildman–Crippen LogP) is 1.73. The number of fused-ring (bicyclic) bond motifs is 1. The molecule has 0 bridgehead atoms. The molecule has 0 aliphatic carbocycles. The Morgan fingerprint density at radius 2 is 2.27 bits per heavy atom. The molecule has 0 N–H and O–H groups in total. The van der Waals surface area contributed by atoms with Crippen molar-refractivity contribution < 1.29 is 0 Å². The summed E-state index contributed by atoms with van der Waals surface area (Å²) in [5, 5.41) is 7.84. The Morgan fingerprint density at radius 1 is 1.45 bits per heavy atom. The monoisotopic (exact) mass is 211 g/mol. The lowest BCUT2D eigenvalue weighted by molar-refractivity contribution is 0.736. The third-order valence-electron chi connectivity index (χ3n) is 1.57. The van der Waals surface area contributed by atoms with Crippen LogP contribution in [0.15, 0.2) is 22.7 Å². The molecule has 0 unspecified atom stereocenters. The molecule has 0 aliphatic rings. The van der Waals surface area contributed by atoms with Crippen molar-refractivity contribution in [3.63, 3.8) is 0 Å². The van der Waals surface area contributed by atoms with Crippen LogP contribution < -0.4 is 0 Å². The summed E-state index contributed by atoms with van der Waals surface area (Å²) in [5.74, 6) is 0. The average molecular weight is 212 g/mol. The van der Waals surface area contributed by atoms with E-state index in [0.717, 1.165) is 15.5 Å². The molecule has 4 heteroatoms. The van der Waals surface area contributed by atoms with E-state index in [0.29, 0.717) is 0 Å². The normalized spacial score (nSPS) is 10.7. The minimum absolute atomic E-state index is 0.918. The molecule has 1 aromatic carbocycles. The van der Waals surface area contributed by atoms with Gasteiger partial charge in [-0.3, -0.25) is 0 Å². The lowest BCUT2D eigenvalue weighted by Crippen LogP contribution is -1.88. The maximum absolute atomic E-state index is 3.96. The zero-order valence-electron chi connectivity index (χ0n) is 5.95. The van der Waals surface area contributed by atoms with Gasteiger partial charge in [-0.1, -0.05) is 21.1 Å². The van der Waals surface area contributed by atoms with Gasteiger partial charge in [-0.2, -0.15) is 0 Å². The first kappa shape index (κ1) is 6.79. The molecular weight excluding hydrogens is 206 g/mol. The highest BCUT2D eigenvalue weighted by Crippen LogP contribution is 2.16. The van der Waals surface area contributed by atoms with Gasteiger partial charge in [0, 0.05) is 11.5 Å². The molecule has 0 radical (unpaired) electrons. The van der Waals surface area contributed by atoms with Gasteiger partial charge in [-0.25, -0.2) is 4.68 Å². The van der Waals surface area contributed by atoms with E-state index in [4.69, 9.17) is 0 Å². The van der Waals surface area contributed by atoms with Crippen LogP contribution in [0.5, 0.6) is 0 Å². The molecule has 0 fully saturated rings. The van der Waals surface area contributed by atoms with E-state index in [2.05, 4.69) is 26.2 Å². The van der Waals surface area contributed by atoms with Gasteiger partial charge in [-0.05, 0) is 18.2 Å². The summed E-state index contributed by atoms with van der Waals surface area (Å²) in [5.41, 5.74) is 1.97. The number of hydrogen-bond donors (Lipinski definition) is 0. The van der Waals surface area contributed by atoms with Crippen molar-refractivity contribution in [2.45, 2.75) is 0 Å². The van der Waals surface area contributed by atoms with Gasteiger partial charge in [-0.15, -0.1) is 5.10 Å². The van der Waals surface area contributed by atoms with E-state index in [1.807, 2.05) is 25.2 Å². The van der Waals surface area contributed by atoms with Gasteiger partial charge < -0.3 is 0 Å². The number of hydrogen-bond acceptors (Lipinski definition) is 2. The van der Waals surface area contributed by atoms with Crippen LogP contribution in [0.1, 0.15) is 0 Å². The smallest absolute Gasteiger partial charge is 0.114 e. The fraction of sp³-hybridized carbons (Fsp3) is 0.143. The highest BCUT2D eigenvalue weighted by molar-refractivity contribution is 9.10. The molecule has 0 aliphatic heterocycles. The van der Waals surface area contributed by atoms with Crippen LogP contribution >= 0.6 is 15.9 Å². The van der Waals surface area contributed by atoms with E-state index in [9.17, 15) is 0 Å². The molecule has 0 amide bonds. The molecule has 1 aromatic heterocycles. The van der Waals surface area contributed by atoms with Gasteiger partial charge in [0.2, 0.25) is 0 Å². The van der Waals surface area contributed by atoms with E-state index < -0.39 is 0 Å². The Morgan fingerprint density at radius 3 is 3.09 bits per heavy atom. The Bertz CT molecular complexity index is 393. The second-order valence-corrected chi connectivity index (χ2v) is 3.26. The van der Waals surface area contributed by atoms with Crippen LogP contribution in [0.2, 0.25) is 0 Å². The van der Waals surface area contributed by atoms with Crippen molar-refractivity contribution in [3.05, 3.63) is 22.7 Å². The van der Waals surface area contributed by atoms with Crippen LogP contribution in [0.3, 0.4) is 0 Å². The lowest BCUT2D eigenvalue weighted by Gasteiger charge is -1.90. The first-order valence-corrected chi connectivity index (χ1v) is 4.01. The molecule has 0 spiro atoms. The van der Waals surface area contributed by atoms with Crippen molar-refractivity contribution in [1.29, 1.82) is 0 Å². The predicted molar refractivity (Wildman–Crippen MR) is 46.2 cm³/mol. The molecule has 1 heterocycles. The van der Waals surface area contributed by atoms with E-state index in [1.165, 1.54) is 0 Å². The summed E-state index contributed by atoms with van der Waals surface area (Å²) in [4.78, 5) is 0. The van der Waals surface area contributed by atoms with Crippen LogP contribution in [0.4, 0.5) is 0 Å². The standard InChI is InChI=1S/C7H6BrN3/c1-11-7-3-2-5(8)4-6(7)9-10-11/h2-4H,1H3. The molecule has 0 atom stereocenters. The van der Waals surface area contributed by atoms with E-state index in [-0.39, 0.29) is 0 Å². The molecule has 11 heavy (non-hydrogen) atoms. The Kier molecular flexibility index (Phi) is 1.42. The van der Waals surface area contributed by atoms with Gasteiger partial charge in [0.15, 0.2) is 0 Å². The maximum Gasteiger partial charge on any atom is 0.114 e. The minimum atomic E-state index is 0.918. The topological polar surface area (TPSA) is 30.7 Å². The fourth-order valence-corrected chi connectivity index (χ4v) is 1.36. The highest BCUT2D eigenvalue weighted by atomic mass is 79.9. The van der Waals surface area contributed by atoms with E-state index >= 15 is 0 Å². The molecule has 0 saturated carbocycles. The Balaban J connectivity index is 2.86. The fourth-order valence-electron chi connectivity index (χ4n) is 1.01. The molecular formula is C7H6BrN3. The van der Waals surface area contributed by atoms with Crippen LogP contribution in [0, 0.1) is 0 Å². The number of benzene rings is 1. The molecule has 56 valence electrons. The minimum Gasteiger partial charge on any atom is -0.248 e. The van der Waals surface area contributed by atoms with Crippen LogP contribution in [-0.2, 0) is 7.05 Å². The number of halogens is 1. The maximum atomic E-state index is 3.96. The SMILES string of the molecule is Cn1nnc2cc(Br)ccc21. The van der Waals surface area contributed by atoms with Gasteiger partial charge in [0.05, 0.1) is 5.52 Å². The average Bonchev–Trinajstić information content (AvgIpc) is 2.32. The summed E-state index contributed by atoms with van der Waals surface area (Å²) >= 11 is 3.36. The molecule has 2 rings (SSSR count). The van der Waals surface area contributed by atoms with Crippen molar-refractivity contribution in [1.82, 2.24) is 15.0 Å². The Hall–Kier alpha value is -0.900. The van der Waals surface area contributed by atoms with E-state index in [1.54, 1.807) is 4.68 Å². The largest absolute Gasteiger partial charge is 0.248 e. The molecule has 2 aromatic rings. The first-order chi connectivity index (χ1) is 5.27. The quantitative estimate of drug-likeness (QED) is 0.665. The van der Waals surface area contributed by atoms with Gasteiger partial charge in [0.25, 0.3) is 0 Å². The number of nitrogens with zero attached hydrogens (tertiary/aromatic N) is 3. The summed E-state index contributed by atoms with van der Waals surface area (Å²) in [6.45, 7) is 0. The summed E-state index contributed by atoms with van der Waals surface area (Å²) in [6, 6.07) is 5.91. The van der Waals surface area contributed by atoms with Crippen molar-refractivity contribution in [2.75, 3.05) is 0 Å². The summed E-state index contributed by atoms with van der Waals surface area (Å²) in [7, 11) is 1.88. The highest BCUT2D eigenvalue weighted by Gasteiger charge is 1.99. The van der Waals surface area contributed by atoms with Crippen LogP contribution in [0.25, 0.3) is 11.0 Å². The van der Waals surface area contributed by atoms with Gasteiger partial charge >= 0.3 is 0 Å². The third-order valence-corrected chi connectivity index (χ3v) is 2.07. The summed E-state index contributed by atoms with van der Waals surface area (Å²) < 4.78 is 2.78. The molecule has 3 nitrogen and oxygen atoms in total. The number of aryl methyl sites for hydroxylation is 1. The second-order valence-electron chi connectivity index (χ2n) is 2.35. The van der Waals surface area contributed by atoms with Crippen molar-refractivity contribution in [2.24, 2.45) is 7.05 Å². The Labute approximate surface area is 72.1 Å². The van der Waals surface area contributed by atoms with Crippen molar-refractivity contribution >= 4 is 27.0 Å². The zero-order chi connectivity index (χ0) is 7.84. The van der Waals surface area contributed by atoms with Crippen molar-refractivity contribution in [3.8, 4) is 0 Å². The first-order valence-electron chi connectivity index (χ1n) is 3.22. The molecule has 0 saturated heterocycles. The third kappa shape index (κ3) is 1.03.